The number of rotatable bonds is 5. The van der Waals surface area contributed by atoms with Gasteiger partial charge in [-0.05, 0) is 97.7 Å². The first-order valence-corrected chi connectivity index (χ1v) is 12.5. The first kappa shape index (κ1) is 22.5. The Bertz CT molecular complexity index is 1260. The van der Waals surface area contributed by atoms with Crippen LogP contribution in [0.15, 0.2) is 29.3 Å². The maximum atomic E-state index is 12.9. The number of ether oxygens (including phenoxy) is 1. The number of hydrogen-bond acceptors (Lipinski definition) is 3. The van der Waals surface area contributed by atoms with E-state index in [0.717, 1.165) is 29.4 Å². The number of carbonyl (C=O) groups is 1. The monoisotopic (exact) mass is 458 g/mol. The van der Waals surface area contributed by atoms with Crippen LogP contribution in [0, 0.1) is 0 Å². The van der Waals surface area contributed by atoms with Gasteiger partial charge >= 0.3 is 5.97 Å². The van der Waals surface area contributed by atoms with E-state index in [0.29, 0.717) is 12.2 Å². The van der Waals surface area contributed by atoms with Crippen LogP contribution in [0.25, 0.3) is 22.0 Å². The van der Waals surface area contributed by atoms with Crippen molar-refractivity contribution in [3.8, 4) is 11.1 Å². The minimum Gasteiger partial charge on any atom is -0.462 e. The molecule has 3 aromatic rings. The summed E-state index contributed by atoms with van der Waals surface area (Å²) < 4.78 is 7.44. The van der Waals surface area contributed by atoms with E-state index in [1.54, 1.807) is 0 Å². The molecule has 0 fully saturated rings. The highest BCUT2D eigenvalue weighted by molar-refractivity contribution is 6.07. The highest BCUT2D eigenvalue weighted by atomic mass is 16.5. The lowest BCUT2D eigenvalue weighted by atomic mass is 9.77. The average Bonchev–Trinajstić information content (AvgIpc) is 3.12. The first-order chi connectivity index (χ1) is 16.5. The number of nitrogens with zero attached hydrogens (tertiary/aromatic N) is 2. The van der Waals surface area contributed by atoms with E-state index in [4.69, 9.17) is 16.2 Å². The fourth-order valence-corrected chi connectivity index (χ4v) is 5.91. The Labute approximate surface area is 201 Å². The van der Waals surface area contributed by atoms with E-state index in [9.17, 15) is 4.79 Å². The quantitative estimate of drug-likeness (QED) is 0.333. The minimum atomic E-state index is -0.337. The number of fused-ring (bicyclic) bond motifs is 3. The number of aliphatic imine (C=N–C) groups is 1. The number of nitrogens with two attached hydrogens (primary N) is 2. The number of hydrogen-bond donors (Lipinski definition) is 2. The smallest absolute Gasteiger partial charge is 0.340 e. The molecule has 0 radical (unpaired) electrons. The van der Waals surface area contributed by atoms with Gasteiger partial charge in [-0.1, -0.05) is 18.2 Å². The predicted octanol–water partition coefficient (Wildman–Crippen LogP) is 4.55. The van der Waals surface area contributed by atoms with Crippen LogP contribution in [-0.2, 0) is 44.0 Å². The molecule has 0 amide bonds. The molecule has 4 N–H and O–H groups in total. The van der Waals surface area contributed by atoms with Crippen molar-refractivity contribution < 1.29 is 9.53 Å². The van der Waals surface area contributed by atoms with Crippen molar-refractivity contribution in [1.82, 2.24) is 4.57 Å². The number of carbonyl (C=O) groups excluding carboxylic acids is 1. The maximum absolute atomic E-state index is 12.9. The molecule has 178 valence electrons. The fourth-order valence-electron chi connectivity index (χ4n) is 5.91. The molecule has 2 aromatic carbocycles. The van der Waals surface area contributed by atoms with Gasteiger partial charge in [-0.2, -0.15) is 0 Å². The highest BCUT2D eigenvalue weighted by Crippen LogP contribution is 2.41. The van der Waals surface area contributed by atoms with Gasteiger partial charge in [-0.3, -0.25) is 0 Å². The zero-order chi connectivity index (χ0) is 23.8. The van der Waals surface area contributed by atoms with Gasteiger partial charge in [0.1, 0.15) is 0 Å². The minimum absolute atomic E-state index is 0.00305. The predicted molar refractivity (Wildman–Crippen MR) is 137 cm³/mol. The van der Waals surface area contributed by atoms with Crippen molar-refractivity contribution >= 4 is 22.8 Å². The molecule has 2 aliphatic carbocycles. The SMILES string of the molecule is CCOC(=O)c1c(CN=C(N)N)n(C)c2cc(-c3c4c(cc5c3CCCC5)CCCC4)ccc12. The van der Waals surface area contributed by atoms with Gasteiger partial charge in [0.25, 0.3) is 0 Å². The van der Waals surface area contributed by atoms with E-state index < -0.39 is 0 Å². The largest absolute Gasteiger partial charge is 0.462 e. The molecule has 2 aliphatic rings. The summed E-state index contributed by atoms with van der Waals surface area (Å²) in [5.41, 5.74) is 22.3. The molecule has 5 rings (SSSR count). The summed E-state index contributed by atoms with van der Waals surface area (Å²) in [6, 6.07) is 9.01. The summed E-state index contributed by atoms with van der Waals surface area (Å²) in [7, 11) is 1.97. The highest BCUT2D eigenvalue weighted by Gasteiger charge is 2.26. The van der Waals surface area contributed by atoms with Crippen LogP contribution < -0.4 is 11.5 Å². The second-order valence-corrected chi connectivity index (χ2v) is 9.52. The van der Waals surface area contributed by atoms with E-state index in [1.807, 2.05) is 18.5 Å². The Morgan fingerprint density at radius 2 is 1.65 bits per heavy atom. The molecule has 0 bridgehead atoms. The van der Waals surface area contributed by atoms with Crippen LogP contribution in [0.1, 0.15) is 70.9 Å². The van der Waals surface area contributed by atoms with Crippen molar-refractivity contribution in [2.75, 3.05) is 6.61 Å². The lowest BCUT2D eigenvalue weighted by molar-refractivity contribution is 0.0527. The summed E-state index contributed by atoms with van der Waals surface area (Å²) in [6.07, 6.45) is 9.70. The standard InChI is InChI=1S/C28H34N4O2/c1-3-34-27(33)26-22-13-12-19(15-23(22)32(2)24(26)16-31-28(29)30)25-20-10-6-4-8-17(20)14-18-9-5-7-11-21(18)25/h12-15H,3-11,16H2,1-2H3,(H4,29,30,31). The van der Waals surface area contributed by atoms with Crippen molar-refractivity contribution in [2.24, 2.45) is 23.5 Å². The summed E-state index contributed by atoms with van der Waals surface area (Å²) >= 11 is 0. The van der Waals surface area contributed by atoms with E-state index in [2.05, 4.69) is 29.3 Å². The Morgan fingerprint density at radius 3 is 2.26 bits per heavy atom. The van der Waals surface area contributed by atoms with Gasteiger partial charge in [0.05, 0.1) is 24.4 Å². The summed E-state index contributed by atoms with van der Waals surface area (Å²) in [4.78, 5) is 17.1. The van der Waals surface area contributed by atoms with Gasteiger partial charge in [-0.25, -0.2) is 9.79 Å². The third kappa shape index (κ3) is 3.85. The van der Waals surface area contributed by atoms with Gasteiger partial charge in [-0.15, -0.1) is 0 Å². The molecule has 6 heteroatoms. The summed E-state index contributed by atoms with van der Waals surface area (Å²) in [5, 5.41) is 0.879. The van der Waals surface area contributed by atoms with Crippen LogP contribution in [0.2, 0.25) is 0 Å². The lowest BCUT2D eigenvalue weighted by Gasteiger charge is -2.28. The number of aryl methyl sites for hydroxylation is 3. The van der Waals surface area contributed by atoms with Crippen molar-refractivity contribution in [1.29, 1.82) is 0 Å². The van der Waals surface area contributed by atoms with Crippen LogP contribution in [0.3, 0.4) is 0 Å². The van der Waals surface area contributed by atoms with Crippen LogP contribution in [0.5, 0.6) is 0 Å². The second-order valence-electron chi connectivity index (χ2n) is 9.52. The maximum Gasteiger partial charge on any atom is 0.340 e. The third-order valence-electron chi connectivity index (χ3n) is 7.47. The molecule has 0 spiro atoms. The van der Waals surface area contributed by atoms with Gasteiger partial charge in [0, 0.05) is 18.0 Å². The van der Waals surface area contributed by atoms with Crippen molar-refractivity contribution in [3.05, 3.63) is 57.8 Å². The Morgan fingerprint density at radius 1 is 1.00 bits per heavy atom. The first-order valence-electron chi connectivity index (χ1n) is 12.5. The summed E-state index contributed by atoms with van der Waals surface area (Å²) in [5.74, 6) is -0.334. The Balaban J connectivity index is 1.73. The molecule has 0 saturated heterocycles. The molecule has 1 heterocycles. The Hall–Kier alpha value is -3.28. The Kier molecular flexibility index (Phi) is 6.07. The van der Waals surface area contributed by atoms with Gasteiger partial charge in [0.15, 0.2) is 5.96 Å². The molecular formula is C28H34N4O2. The normalized spacial score (nSPS) is 15.0. The second kappa shape index (κ2) is 9.16. The number of guanidine groups is 1. The van der Waals surface area contributed by atoms with Crippen LogP contribution >= 0.6 is 0 Å². The van der Waals surface area contributed by atoms with Gasteiger partial charge < -0.3 is 20.8 Å². The summed E-state index contributed by atoms with van der Waals surface area (Å²) in [6.45, 7) is 2.36. The number of aromatic nitrogens is 1. The molecule has 0 atom stereocenters. The molecule has 34 heavy (non-hydrogen) atoms. The molecule has 0 unspecified atom stereocenters. The average molecular weight is 459 g/mol. The molecule has 1 aromatic heterocycles. The lowest BCUT2D eigenvalue weighted by Crippen LogP contribution is -2.23. The van der Waals surface area contributed by atoms with E-state index >= 15 is 0 Å². The molecule has 0 saturated carbocycles. The van der Waals surface area contributed by atoms with E-state index in [-0.39, 0.29) is 18.5 Å². The van der Waals surface area contributed by atoms with Crippen LogP contribution in [0.4, 0.5) is 0 Å². The topological polar surface area (TPSA) is 95.6 Å². The third-order valence-corrected chi connectivity index (χ3v) is 7.47. The molecule has 0 aliphatic heterocycles. The number of benzene rings is 2. The fraction of sp³-hybridized carbons (Fsp3) is 0.429. The van der Waals surface area contributed by atoms with Crippen molar-refractivity contribution in [2.45, 2.75) is 64.8 Å². The zero-order valence-electron chi connectivity index (χ0n) is 20.2. The zero-order valence-corrected chi connectivity index (χ0v) is 20.2. The van der Waals surface area contributed by atoms with Crippen molar-refractivity contribution in [3.63, 3.8) is 0 Å². The van der Waals surface area contributed by atoms with Gasteiger partial charge in [0.2, 0.25) is 0 Å². The molecular weight excluding hydrogens is 424 g/mol. The molecule has 6 nitrogen and oxygen atoms in total. The van der Waals surface area contributed by atoms with E-state index in [1.165, 1.54) is 71.9 Å². The number of esters is 1. The van der Waals surface area contributed by atoms with Crippen LogP contribution in [-0.4, -0.2) is 23.1 Å².